The van der Waals surface area contributed by atoms with Crippen molar-refractivity contribution in [1.29, 1.82) is 0 Å². The summed E-state index contributed by atoms with van der Waals surface area (Å²) in [4.78, 5) is 2.43. The summed E-state index contributed by atoms with van der Waals surface area (Å²) in [5, 5.41) is 4.32. The molecule has 1 aliphatic rings. The third kappa shape index (κ3) is 3.65. The topological polar surface area (TPSA) is 57.0 Å². The fourth-order valence-corrected chi connectivity index (χ4v) is 3.54. The Kier molecular flexibility index (Phi) is 5.71. The van der Waals surface area contributed by atoms with E-state index in [-0.39, 0.29) is 6.04 Å². The van der Waals surface area contributed by atoms with Gasteiger partial charge in [-0.05, 0) is 37.1 Å². The van der Waals surface area contributed by atoms with Gasteiger partial charge in [-0.25, -0.2) is 0 Å². The van der Waals surface area contributed by atoms with Crippen molar-refractivity contribution in [2.45, 2.75) is 45.2 Å². The van der Waals surface area contributed by atoms with Crippen molar-refractivity contribution in [3.63, 3.8) is 0 Å². The summed E-state index contributed by atoms with van der Waals surface area (Å²) in [5.41, 5.74) is 2.15. The maximum atomic E-state index is 5.51. The van der Waals surface area contributed by atoms with Crippen LogP contribution in [0.3, 0.4) is 0 Å². The van der Waals surface area contributed by atoms with Crippen molar-refractivity contribution in [2.75, 3.05) is 27.9 Å². The Morgan fingerprint density at radius 3 is 2.35 bits per heavy atom. The minimum atomic E-state index is 0.283. The molecule has 1 fully saturated rings. The molecule has 0 N–H and O–H groups in total. The highest BCUT2D eigenvalue weighted by atomic mass is 16.5. The molecule has 2 aromatic rings. The van der Waals surface area contributed by atoms with Crippen LogP contribution in [0.5, 0.6) is 17.2 Å². The molecular formula is C20H28N2O4. The lowest BCUT2D eigenvalue weighted by Gasteiger charge is -2.23. The summed E-state index contributed by atoms with van der Waals surface area (Å²) in [5.74, 6) is 3.28. The minimum absolute atomic E-state index is 0.283. The molecule has 0 spiro atoms. The average molecular weight is 360 g/mol. The summed E-state index contributed by atoms with van der Waals surface area (Å²) in [6.07, 6.45) is 2.24. The van der Waals surface area contributed by atoms with Crippen LogP contribution in [-0.4, -0.2) is 37.9 Å². The predicted octanol–water partition coefficient (Wildman–Crippen LogP) is 4.16. The molecular weight excluding hydrogens is 332 g/mol. The average Bonchev–Trinajstić information content (AvgIpc) is 3.29. The molecule has 142 valence electrons. The maximum absolute atomic E-state index is 5.51. The van der Waals surface area contributed by atoms with Crippen molar-refractivity contribution in [3.8, 4) is 17.2 Å². The second-order valence-corrected chi connectivity index (χ2v) is 6.97. The van der Waals surface area contributed by atoms with E-state index in [1.807, 2.05) is 12.1 Å². The standard InChI is InChI=1S/C20H28N2O4/c1-13(2)17-11-15(21-26-17)16-7-6-8-22(16)12-14-9-18(23-3)20(25-5)19(10-14)24-4/h9-11,13,16H,6-8,12H2,1-5H3. The van der Waals surface area contributed by atoms with Crippen molar-refractivity contribution in [3.05, 3.63) is 35.2 Å². The Morgan fingerprint density at radius 1 is 1.12 bits per heavy atom. The second-order valence-electron chi connectivity index (χ2n) is 6.97. The molecule has 6 nitrogen and oxygen atoms in total. The SMILES string of the molecule is COc1cc(CN2CCCC2c2cc(C(C)C)on2)cc(OC)c1OC. The van der Waals surface area contributed by atoms with Gasteiger partial charge >= 0.3 is 0 Å². The monoisotopic (exact) mass is 360 g/mol. The molecule has 3 rings (SSSR count). The first-order chi connectivity index (χ1) is 12.6. The van der Waals surface area contributed by atoms with E-state index in [9.17, 15) is 0 Å². The first-order valence-corrected chi connectivity index (χ1v) is 9.06. The first kappa shape index (κ1) is 18.6. The van der Waals surface area contributed by atoms with Crippen molar-refractivity contribution >= 4 is 0 Å². The number of hydrogen-bond acceptors (Lipinski definition) is 6. The molecule has 2 heterocycles. The maximum Gasteiger partial charge on any atom is 0.203 e. The van der Waals surface area contributed by atoms with Crippen molar-refractivity contribution in [2.24, 2.45) is 0 Å². The summed E-state index contributed by atoms with van der Waals surface area (Å²) >= 11 is 0. The van der Waals surface area contributed by atoms with Gasteiger partial charge < -0.3 is 18.7 Å². The molecule has 0 aliphatic carbocycles. The van der Waals surface area contributed by atoms with Crippen LogP contribution < -0.4 is 14.2 Å². The van der Waals surface area contributed by atoms with Crippen LogP contribution in [0.25, 0.3) is 0 Å². The summed E-state index contributed by atoms with van der Waals surface area (Å²) < 4.78 is 21.9. The molecule has 1 unspecified atom stereocenters. The van der Waals surface area contributed by atoms with Gasteiger partial charge in [-0.2, -0.15) is 0 Å². The summed E-state index contributed by atoms with van der Waals surface area (Å²) in [6, 6.07) is 6.41. The number of nitrogens with zero attached hydrogens (tertiary/aromatic N) is 2. The smallest absolute Gasteiger partial charge is 0.203 e. The van der Waals surface area contributed by atoms with E-state index in [1.54, 1.807) is 21.3 Å². The highest BCUT2D eigenvalue weighted by molar-refractivity contribution is 5.53. The lowest BCUT2D eigenvalue weighted by Crippen LogP contribution is -2.23. The Morgan fingerprint density at radius 2 is 1.81 bits per heavy atom. The molecule has 6 heteroatoms. The number of likely N-dealkylation sites (tertiary alicyclic amines) is 1. The number of hydrogen-bond donors (Lipinski definition) is 0. The fraction of sp³-hybridized carbons (Fsp3) is 0.550. The Balaban J connectivity index is 1.83. The van der Waals surface area contributed by atoms with E-state index in [0.29, 0.717) is 23.2 Å². The van der Waals surface area contributed by atoms with E-state index in [2.05, 4.69) is 30.0 Å². The van der Waals surface area contributed by atoms with Gasteiger partial charge in [0.2, 0.25) is 5.75 Å². The Labute approximate surface area is 155 Å². The van der Waals surface area contributed by atoms with Crippen LogP contribution in [0.4, 0.5) is 0 Å². The van der Waals surface area contributed by atoms with E-state index >= 15 is 0 Å². The molecule has 1 aliphatic heterocycles. The zero-order valence-corrected chi connectivity index (χ0v) is 16.2. The van der Waals surface area contributed by atoms with E-state index in [4.69, 9.17) is 18.7 Å². The van der Waals surface area contributed by atoms with Gasteiger partial charge in [-0.15, -0.1) is 0 Å². The minimum Gasteiger partial charge on any atom is -0.493 e. The largest absolute Gasteiger partial charge is 0.493 e. The van der Waals surface area contributed by atoms with Crippen LogP contribution in [0, 0.1) is 0 Å². The van der Waals surface area contributed by atoms with Gasteiger partial charge in [0.25, 0.3) is 0 Å². The third-order valence-electron chi connectivity index (χ3n) is 4.93. The van der Waals surface area contributed by atoms with Gasteiger partial charge in [0.05, 0.1) is 27.4 Å². The predicted molar refractivity (Wildman–Crippen MR) is 99.1 cm³/mol. The summed E-state index contributed by atoms with van der Waals surface area (Å²) in [7, 11) is 4.90. The molecule has 1 aromatic heterocycles. The third-order valence-corrected chi connectivity index (χ3v) is 4.93. The highest BCUT2D eigenvalue weighted by Crippen LogP contribution is 2.40. The van der Waals surface area contributed by atoms with Crippen LogP contribution in [0.15, 0.2) is 22.7 Å². The first-order valence-electron chi connectivity index (χ1n) is 9.06. The van der Waals surface area contributed by atoms with E-state index < -0.39 is 0 Å². The van der Waals surface area contributed by atoms with Gasteiger partial charge in [0.1, 0.15) is 11.5 Å². The molecule has 26 heavy (non-hydrogen) atoms. The van der Waals surface area contributed by atoms with Crippen molar-refractivity contribution < 1.29 is 18.7 Å². The van der Waals surface area contributed by atoms with Crippen molar-refractivity contribution in [1.82, 2.24) is 10.1 Å². The fourth-order valence-electron chi connectivity index (χ4n) is 3.54. The molecule has 1 saturated heterocycles. The lowest BCUT2D eigenvalue weighted by atomic mass is 10.1. The number of ether oxygens (including phenoxy) is 3. The highest BCUT2D eigenvalue weighted by Gasteiger charge is 2.29. The Bertz CT molecular complexity index is 716. The lowest BCUT2D eigenvalue weighted by molar-refractivity contribution is 0.235. The van der Waals surface area contributed by atoms with Crippen LogP contribution in [0.1, 0.15) is 55.7 Å². The van der Waals surface area contributed by atoms with Gasteiger partial charge in [-0.3, -0.25) is 4.90 Å². The van der Waals surface area contributed by atoms with Gasteiger partial charge in [-0.1, -0.05) is 19.0 Å². The molecule has 0 saturated carbocycles. The molecule has 0 amide bonds. The number of methoxy groups -OCH3 is 3. The summed E-state index contributed by atoms with van der Waals surface area (Å²) in [6.45, 7) is 6.07. The van der Waals surface area contributed by atoms with Gasteiger partial charge in [0, 0.05) is 18.5 Å². The van der Waals surface area contributed by atoms with E-state index in [0.717, 1.165) is 42.9 Å². The van der Waals surface area contributed by atoms with Gasteiger partial charge in [0.15, 0.2) is 11.5 Å². The number of aromatic nitrogens is 1. The molecule has 0 radical (unpaired) electrons. The zero-order chi connectivity index (χ0) is 18.7. The van der Waals surface area contributed by atoms with Crippen LogP contribution in [0.2, 0.25) is 0 Å². The number of rotatable bonds is 7. The normalized spacial score (nSPS) is 17.7. The van der Waals surface area contributed by atoms with E-state index in [1.165, 1.54) is 0 Å². The Hall–Kier alpha value is -2.21. The molecule has 1 atom stereocenters. The molecule has 0 bridgehead atoms. The molecule has 1 aromatic carbocycles. The number of benzene rings is 1. The quantitative estimate of drug-likeness (QED) is 0.739. The second kappa shape index (κ2) is 7.99. The zero-order valence-electron chi connectivity index (χ0n) is 16.2. The van der Waals surface area contributed by atoms with Crippen LogP contribution in [-0.2, 0) is 6.54 Å². The van der Waals surface area contributed by atoms with Crippen LogP contribution >= 0.6 is 0 Å².